The molecule has 62 valence electrons. The molecule has 0 fully saturated rings. The summed E-state index contributed by atoms with van der Waals surface area (Å²) in [5, 5.41) is 0. The highest BCUT2D eigenvalue weighted by Gasteiger charge is 2.31. The van der Waals surface area contributed by atoms with Gasteiger partial charge in [0.25, 0.3) is 0 Å². The molecule has 0 bridgehead atoms. The molecule has 0 saturated carbocycles. The van der Waals surface area contributed by atoms with E-state index in [4.69, 9.17) is 0 Å². The highest BCUT2D eigenvalue weighted by atomic mass is 35.7. The lowest BCUT2D eigenvalue weighted by Crippen LogP contribution is -2.15. The van der Waals surface area contributed by atoms with Crippen molar-refractivity contribution < 1.29 is 28.9 Å². The summed E-state index contributed by atoms with van der Waals surface area (Å²) in [5.41, 5.74) is -2.57. The number of halogens is 4. The Morgan fingerprint density at radius 3 is 2.10 bits per heavy atom. The summed E-state index contributed by atoms with van der Waals surface area (Å²) in [6, 6.07) is 0. The first kappa shape index (κ1) is 10.7. The Bertz CT molecular complexity index is 152. The van der Waals surface area contributed by atoms with Crippen LogP contribution in [0.25, 0.3) is 0 Å². The first-order valence-electron chi connectivity index (χ1n) is 2.20. The fraction of sp³-hybridized carbons (Fsp3) is 1.00. The Kier molecular flexibility index (Phi) is 3.62. The number of alkyl halides is 3. The largest absolute Gasteiger partial charge is 0.412 e. The van der Waals surface area contributed by atoms with Gasteiger partial charge in [0, 0.05) is 6.66 Å². The molecule has 0 heterocycles. The minimum absolute atomic E-state index is 1.32. The van der Waals surface area contributed by atoms with Crippen LogP contribution < -0.4 is 0 Å². The van der Waals surface area contributed by atoms with Crippen LogP contribution in [0.4, 0.5) is 13.2 Å². The predicted molar refractivity (Wildman–Crippen MR) is 33.6 cm³/mol. The van der Waals surface area contributed by atoms with E-state index in [1.54, 1.807) is 0 Å². The minimum Gasteiger partial charge on any atom is -0.296 e. The van der Waals surface area contributed by atoms with E-state index in [2.05, 4.69) is 27.6 Å². The summed E-state index contributed by atoms with van der Waals surface area (Å²) >= 11 is 8.91. The van der Waals surface area contributed by atoms with Gasteiger partial charge in [0.15, 0.2) is 17.8 Å². The SMILES string of the molecule is CP(=S)([ClH+])OCC(F)(F)F. The van der Waals surface area contributed by atoms with Crippen molar-refractivity contribution in [3.8, 4) is 0 Å². The summed E-state index contributed by atoms with van der Waals surface area (Å²) in [5.74, 6) is 0. The van der Waals surface area contributed by atoms with Gasteiger partial charge in [-0.2, -0.15) is 13.2 Å². The van der Waals surface area contributed by atoms with Gasteiger partial charge >= 0.3 is 11.8 Å². The van der Waals surface area contributed by atoms with Crippen LogP contribution in [0.1, 0.15) is 0 Å². The Labute approximate surface area is 66.4 Å². The lowest BCUT2D eigenvalue weighted by Gasteiger charge is -2.05. The summed E-state index contributed by atoms with van der Waals surface area (Å²) < 4.78 is 38.4. The topological polar surface area (TPSA) is 9.23 Å². The van der Waals surface area contributed by atoms with Crippen LogP contribution in [0.2, 0.25) is 0 Å². The standard InChI is InChI=1S/C3H6ClF3OPS/c1-9(4,10)8-2-3(5,6)7/h4H,2H2,1H3/q+1. The molecule has 1 unspecified atom stereocenters. The van der Waals surface area contributed by atoms with E-state index in [0.717, 1.165) is 0 Å². The van der Waals surface area contributed by atoms with Crippen molar-refractivity contribution in [3.05, 3.63) is 0 Å². The Balaban J connectivity index is 3.67. The molecule has 0 aliphatic heterocycles. The van der Waals surface area contributed by atoms with E-state index in [1.807, 2.05) is 0 Å². The van der Waals surface area contributed by atoms with Crippen LogP contribution in [0.3, 0.4) is 0 Å². The number of hydrogen-bond donors (Lipinski definition) is 0. The third-order valence-electron chi connectivity index (χ3n) is 0.463. The van der Waals surface area contributed by atoms with E-state index < -0.39 is 18.4 Å². The van der Waals surface area contributed by atoms with Crippen LogP contribution in [-0.4, -0.2) is 19.4 Å². The smallest absolute Gasteiger partial charge is 0.296 e. The maximum atomic E-state index is 11.4. The molecule has 0 spiro atoms. The van der Waals surface area contributed by atoms with Crippen LogP contribution in [0, 0.1) is 11.2 Å². The quantitative estimate of drug-likeness (QED) is 0.647. The molecular weight excluding hydrogens is 208 g/mol. The zero-order chi connectivity index (χ0) is 8.41. The normalized spacial score (nSPS) is 18.5. The van der Waals surface area contributed by atoms with E-state index in [-0.39, 0.29) is 0 Å². The molecule has 0 N–H and O–H groups in total. The van der Waals surface area contributed by atoms with Crippen LogP contribution in [-0.2, 0) is 16.3 Å². The first-order chi connectivity index (χ1) is 4.21. The Morgan fingerprint density at radius 2 is 2.00 bits per heavy atom. The number of hydrogen-bond acceptors (Lipinski definition) is 2. The van der Waals surface area contributed by atoms with Crippen molar-refractivity contribution in [2.45, 2.75) is 6.18 Å². The first-order valence-corrected chi connectivity index (χ1v) is 6.38. The monoisotopic (exact) mass is 213 g/mol. The van der Waals surface area contributed by atoms with Gasteiger partial charge in [0.05, 0.1) is 0 Å². The Hall–Kier alpha value is 0.690. The zero-order valence-electron chi connectivity index (χ0n) is 5.01. The van der Waals surface area contributed by atoms with Crippen LogP contribution >= 0.6 is 5.62 Å². The van der Waals surface area contributed by atoms with Crippen molar-refractivity contribution in [2.24, 2.45) is 0 Å². The summed E-state index contributed by atoms with van der Waals surface area (Å²) in [6.07, 6.45) is -4.32. The van der Waals surface area contributed by atoms with E-state index >= 15 is 0 Å². The molecule has 7 heteroatoms. The average Bonchev–Trinajstić information content (AvgIpc) is 1.57. The summed E-state index contributed by atoms with van der Waals surface area (Å²) in [7, 11) is 0. The highest BCUT2D eigenvalue weighted by molar-refractivity contribution is 8.08. The summed E-state index contributed by atoms with van der Waals surface area (Å²) in [6.45, 7) is -0.00627. The maximum Gasteiger partial charge on any atom is 0.412 e. The van der Waals surface area contributed by atoms with Gasteiger partial charge in [-0.3, -0.25) is 4.52 Å². The van der Waals surface area contributed by atoms with Crippen molar-refractivity contribution in [2.75, 3.05) is 13.3 Å². The van der Waals surface area contributed by atoms with Gasteiger partial charge in [0.1, 0.15) is 0 Å². The second-order valence-corrected chi connectivity index (χ2v) is 8.33. The fourth-order valence-corrected chi connectivity index (χ4v) is 0.888. The van der Waals surface area contributed by atoms with Gasteiger partial charge in [-0.25, -0.2) is 0 Å². The molecule has 0 aliphatic rings. The molecular formula is C3H6ClF3OPS+. The number of rotatable bonds is 2. The maximum absolute atomic E-state index is 11.4. The van der Waals surface area contributed by atoms with Crippen LogP contribution in [0.5, 0.6) is 0 Å². The molecule has 0 aromatic rings. The van der Waals surface area contributed by atoms with Crippen LogP contribution in [0.15, 0.2) is 0 Å². The summed E-state index contributed by atoms with van der Waals surface area (Å²) in [4.78, 5) is 0. The van der Waals surface area contributed by atoms with E-state index in [0.29, 0.717) is 0 Å². The van der Waals surface area contributed by atoms with E-state index in [1.165, 1.54) is 6.66 Å². The molecule has 0 amide bonds. The molecule has 1 nitrogen and oxygen atoms in total. The minimum atomic E-state index is -4.32. The molecule has 0 saturated heterocycles. The Morgan fingerprint density at radius 1 is 1.60 bits per heavy atom. The van der Waals surface area contributed by atoms with Gasteiger partial charge < -0.3 is 0 Å². The third-order valence-corrected chi connectivity index (χ3v) is 1.69. The second kappa shape index (κ2) is 3.39. The predicted octanol–water partition coefficient (Wildman–Crippen LogP) is 1.79. The lowest BCUT2D eigenvalue weighted by molar-refractivity contribution is -0.201. The molecule has 1 atom stereocenters. The molecule has 0 aliphatic carbocycles. The van der Waals surface area contributed by atoms with Gasteiger partial charge in [0.2, 0.25) is 0 Å². The molecule has 10 heavy (non-hydrogen) atoms. The van der Waals surface area contributed by atoms with Crippen molar-refractivity contribution in [1.29, 1.82) is 0 Å². The highest BCUT2D eigenvalue weighted by Crippen LogP contribution is 2.41. The van der Waals surface area contributed by atoms with Gasteiger partial charge in [-0.15, -0.1) is 0 Å². The third kappa shape index (κ3) is 8.69. The van der Waals surface area contributed by atoms with Crippen molar-refractivity contribution in [3.63, 3.8) is 0 Å². The molecule has 0 aromatic carbocycles. The average molecular weight is 214 g/mol. The fourth-order valence-electron chi connectivity index (χ4n) is 0.190. The molecule has 0 aromatic heterocycles. The van der Waals surface area contributed by atoms with Gasteiger partial charge in [-0.1, -0.05) is 0 Å². The van der Waals surface area contributed by atoms with Crippen molar-refractivity contribution in [1.82, 2.24) is 0 Å². The lowest BCUT2D eigenvalue weighted by atomic mass is 10.7. The van der Waals surface area contributed by atoms with Crippen molar-refractivity contribution >= 4 is 17.4 Å². The second-order valence-electron chi connectivity index (χ2n) is 1.66. The zero-order valence-corrected chi connectivity index (χ0v) is 7.54. The van der Waals surface area contributed by atoms with Gasteiger partial charge in [-0.05, 0) is 11.8 Å². The molecule has 0 radical (unpaired) electrons. The van der Waals surface area contributed by atoms with E-state index in [9.17, 15) is 13.2 Å². The molecule has 0 rings (SSSR count).